The van der Waals surface area contributed by atoms with E-state index in [9.17, 15) is 4.79 Å². The summed E-state index contributed by atoms with van der Waals surface area (Å²) in [4.78, 5) is 23.7. The number of piperidine rings is 1. The molecule has 1 aromatic carbocycles. The van der Waals surface area contributed by atoms with Gasteiger partial charge in [0.15, 0.2) is 5.13 Å². The van der Waals surface area contributed by atoms with Crippen molar-refractivity contribution < 1.29 is 4.79 Å². The van der Waals surface area contributed by atoms with Crippen molar-refractivity contribution in [3.63, 3.8) is 0 Å². The van der Waals surface area contributed by atoms with Gasteiger partial charge >= 0.3 is 0 Å². The van der Waals surface area contributed by atoms with E-state index in [0.717, 1.165) is 42.3 Å². The largest absolute Gasteiger partial charge is 0.365 e. The number of hydrogen-bond donors (Lipinski definition) is 1. The molecule has 0 saturated carbocycles. The first kappa shape index (κ1) is 18.6. The smallest absolute Gasteiger partial charge is 0.227 e. The fourth-order valence-electron chi connectivity index (χ4n) is 3.99. The number of aromatic nitrogens is 2. The lowest BCUT2D eigenvalue weighted by molar-refractivity contribution is -0.131. The summed E-state index contributed by atoms with van der Waals surface area (Å²) < 4.78 is 0. The zero-order chi connectivity index (χ0) is 19.4. The van der Waals surface area contributed by atoms with Crippen LogP contribution in [0.25, 0.3) is 0 Å². The predicted molar refractivity (Wildman–Crippen MR) is 113 cm³/mol. The highest BCUT2D eigenvalue weighted by Crippen LogP contribution is 2.42. The van der Waals surface area contributed by atoms with Crippen LogP contribution in [0.4, 0.5) is 5.13 Å². The van der Waals surface area contributed by atoms with Crippen molar-refractivity contribution in [2.75, 3.05) is 25.5 Å². The molecule has 1 amide bonds. The van der Waals surface area contributed by atoms with Gasteiger partial charge in [-0.25, -0.2) is 4.98 Å². The van der Waals surface area contributed by atoms with E-state index in [1.165, 1.54) is 5.56 Å². The number of nitrogens with zero attached hydrogens (tertiary/aromatic N) is 3. The van der Waals surface area contributed by atoms with Gasteiger partial charge in [-0.1, -0.05) is 36.4 Å². The highest BCUT2D eigenvalue weighted by Gasteiger charge is 2.40. The van der Waals surface area contributed by atoms with Gasteiger partial charge in [-0.05, 0) is 30.0 Å². The van der Waals surface area contributed by atoms with Gasteiger partial charge < -0.3 is 10.2 Å². The van der Waals surface area contributed by atoms with Gasteiger partial charge in [-0.2, -0.15) is 0 Å². The Bertz CT molecular complexity index is 918. The van der Waals surface area contributed by atoms with Crippen molar-refractivity contribution in [2.24, 2.45) is 0 Å². The minimum atomic E-state index is -0.141. The average molecular weight is 393 g/mol. The zero-order valence-electron chi connectivity index (χ0n) is 16.0. The Labute approximate surface area is 169 Å². The standard InChI is InChI=1S/C22H24N4OS/c1-23-21-25-19(16-28-21)22(18-7-3-2-4-8-18)9-12-26(13-10-22)20(27)14-17-6-5-11-24-15-17/h2-8,11,15-16H,9-10,12-14H2,1H3,(H,23,25). The summed E-state index contributed by atoms with van der Waals surface area (Å²) in [6.07, 6.45) is 5.67. The van der Waals surface area contributed by atoms with E-state index in [1.807, 2.05) is 30.1 Å². The third kappa shape index (κ3) is 3.64. The Morgan fingerprint density at radius 3 is 2.61 bits per heavy atom. The molecule has 1 aliphatic heterocycles. The topological polar surface area (TPSA) is 58.1 Å². The highest BCUT2D eigenvalue weighted by molar-refractivity contribution is 7.13. The van der Waals surface area contributed by atoms with Crippen molar-refractivity contribution in [1.82, 2.24) is 14.9 Å². The first-order valence-electron chi connectivity index (χ1n) is 9.57. The molecule has 3 aromatic rings. The SMILES string of the molecule is CNc1nc(C2(c3ccccc3)CCN(C(=O)Cc3cccnc3)CC2)cs1. The summed E-state index contributed by atoms with van der Waals surface area (Å²) in [6.45, 7) is 1.47. The van der Waals surface area contributed by atoms with Gasteiger partial charge in [-0.15, -0.1) is 11.3 Å². The van der Waals surface area contributed by atoms with Gasteiger partial charge in [0, 0.05) is 43.3 Å². The lowest BCUT2D eigenvalue weighted by Crippen LogP contribution is -2.46. The Balaban J connectivity index is 1.55. The Kier molecular flexibility index (Phi) is 5.39. The first-order valence-corrected chi connectivity index (χ1v) is 10.5. The van der Waals surface area contributed by atoms with Crippen LogP contribution in [0.3, 0.4) is 0 Å². The van der Waals surface area contributed by atoms with E-state index in [4.69, 9.17) is 4.98 Å². The molecule has 0 aliphatic carbocycles. The first-order chi connectivity index (χ1) is 13.7. The molecule has 0 atom stereocenters. The third-order valence-corrected chi connectivity index (χ3v) is 6.44. The summed E-state index contributed by atoms with van der Waals surface area (Å²) in [6, 6.07) is 14.4. The van der Waals surface area contributed by atoms with Crippen molar-refractivity contribution in [1.29, 1.82) is 0 Å². The predicted octanol–water partition coefficient (Wildman–Crippen LogP) is 3.73. The van der Waals surface area contributed by atoms with Gasteiger partial charge in [0.05, 0.1) is 12.1 Å². The van der Waals surface area contributed by atoms with Crippen LogP contribution in [0.1, 0.15) is 29.7 Å². The molecule has 0 spiro atoms. The fourth-order valence-corrected chi connectivity index (χ4v) is 4.76. The molecule has 1 fully saturated rings. The van der Waals surface area contributed by atoms with Crippen LogP contribution in [0.15, 0.2) is 60.2 Å². The van der Waals surface area contributed by atoms with Crippen molar-refractivity contribution in [2.45, 2.75) is 24.7 Å². The van der Waals surface area contributed by atoms with Crippen molar-refractivity contribution in [3.05, 3.63) is 77.1 Å². The van der Waals surface area contributed by atoms with Crippen molar-refractivity contribution >= 4 is 22.4 Å². The van der Waals surface area contributed by atoms with E-state index in [0.29, 0.717) is 6.42 Å². The normalized spacial score (nSPS) is 16.0. The Morgan fingerprint density at radius 2 is 1.96 bits per heavy atom. The van der Waals surface area contributed by atoms with Gasteiger partial charge in [0.2, 0.25) is 5.91 Å². The summed E-state index contributed by atoms with van der Waals surface area (Å²) in [5.41, 5.74) is 3.21. The summed E-state index contributed by atoms with van der Waals surface area (Å²) in [5, 5.41) is 6.24. The summed E-state index contributed by atoms with van der Waals surface area (Å²) in [7, 11) is 1.90. The number of rotatable bonds is 5. The second-order valence-electron chi connectivity index (χ2n) is 7.15. The number of likely N-dealkylation sites (tertiary alicyclic amines) is 1. The molecule has 1 saturated heterocycles. The number of hydrogen-bond acceptors (Lipinski definition) is 5. The molecule has 28 heavy (non-hydrogen) atoms. The zero-order valence-corrected chi connectivity index (χ0v) is 16.8. The van der Waals surface area contributed by atoms with E-state index in [-0.39, 0.29) is 11.3 Å². The van der Waals surface area contributed by atoms with Crippen LogP contribution in [0.5, 0.6) is 0 Å². The van der Waals surface area contributed by atoms with Gasteiger partial charge in [-0.3, -0.25) is 9.78 Å². The van der Waals surface area contributed by atoms with Crippen LogP contribution in [-0.4, -0.2) is 40.9 Å². The monoisotopic (exact) mass is 392 g/mol. The molecule has 1 N–H and O–H groups in total. The molecule has 0 radical (unpaired) electrons. The molecule has 6 heteroatoms. The molecular formula is C22H24N4OS. The van der Waals surface area contributed by atoms with Crippen LogP contribution < -0.4 is 5.32 Å². The second-order valence-corrected chi connectivity index (χ2v) is 8.01. The van der Waals surface area contributed by atoms with E-state index in [2.05, 4.69) is 39.9 Å². The summed E-state index contributed by atoms with van der Waals surface area (Å²) >= 11 is 1.64. The number of amides is 1. The lowest BCUT2D eigenvalue weighted by atomic mass is 9.70. The lowest BCUT2D eigenvalue weighted by Gasteiger charge is -2.41. The second kappa shape index (κ2) is 8.10. The number of anilines is 1. The Morgan fingerprint density at radius 1 is 1.18 bits per heavy atom. The fraction of sp³-hybridized carbons (Fsp3) is 0.318. The molecule has 3 heterocycles. The number of carbonyl (C=O) groups excluding carboxylic acids is 1. The minimum absolute atomic E-state index is 0.141. The molecule has 5 nitrogen and oxygen atoms in total. The molecule has 0 unspecified atom stereocenters. The average Bonchev–Trinajstić information content (AvgIpc) is 3.25. The molecule has 144 valence electrons. The highest BCUT2D eigenvalue weighted by atomic mass is 32.1. The van der Waals surface area contributed by atoms with Crippen LogP contribution >= 0.6 is 11.3 Å². The van der Waals surface area contributed by atoms with Crippen LogP contribution in [0, 0.1) is 0 Å². The maximum Gasteiger partial charge on any atom is 0.227 e. The summed E-state index contributed by atoms with van der Waals surface area (Å²) in [5.74, 6) is 0.170. The number of carbonyl (C=O) groups is 1. The number of pyridine rings is 1. The van der Waals surface area contributed by atoms with E-state index >= 15 is 0 Å². The van der Waals surface area contributed by atoms with Crippen LogP contribution in [-0.2, 0) is 16.6 Å². The Hall–Kier alpha value is -2.73. The van der Waals surface area contributed by atoms with Crippen LogP contribution in [0.2, 0.25) is 0 Å². The molecule has 0 bridgehead atoms. The van der Waals surface area contributed by atoms with Gasteiger partial charge in [0.1, 0.15) is 0 Å². The van der Waals surface area contributed by atoms with E-state index < -0.39 is 0 Å². The molecule has 4 rings (SSSR count). The number of benzene rings is 1. The molecule has 1 aliphatic rings. The quantitative estimate of drug-likeness (QED) is 0.719. The molecule has 2 aromatic heterocycles. The maximum absolute atomic E-state index is 12.8. The number of nitrogens with one attached hydrogen (secondary N) is 1. The maximum atomic E-state index is 12.8. The third-order valence-electron chi connectivity index (χ3n) is 5.58. The van der Waals surface area contributed by atoms with Gasteiger partial charge in [0.25, 0.3) is 0 Å². The van der Waals surface area contributed by atoms with E-state index in [1.54, 1.807) is 23.7 Å². The van der Waals surface area contributed by atoms with Crippen molar-refractivity contribution in [3.8, 4) is 0 Å². The molecular weight excluding hydrogens is 368 g/mol. The minimum Gasteiger partial charge on any atom is -0.365 e. The number of thiazole rings is 1.